The second kappa shape index (κ2) is 4.40. The van der Waals surface area contributed by atoms with Gasteiger partial charge in [-0.2, -0.15) is 0 Å². The van der Waals surface area contributed by atoms with Gasteiger partial charge in [0.25, 0.3) is 0 Å². The van der Waals surface area contributed by atoms with Crippen LogP contribution in [0.1, 0.15) is 41.0 Å². The number of esters is 1. The quantitative estimate of drug-likeness (QED) is 0.633. The average Bonchev–Trinajstić information content (AvgIpc) is 1.81. The topological polar surface area (TPSA) is 43.4 Å². The Hall–Kier alpha value is -0.860. The molecule has 0 saturated carbocycles. The van der Waals surface area contributed by atoms with Crippen LogP contribution in [0, 0.1) is 5.92 Å². The summed E-state index contributed by atoms with van der Waals surface area (Å²) < 4.78 is 5.07. The van der Waals surface area contributed by atoms with Gasteiger partial charge in [0.05, 0.1) is 6.42 Å². The summed E-state index contributed by atoms with van der Waals surface area (Å²) in [6.45, 7) is 8.64. The minimum absolute atomic E-state index is 0.0193. The lowest BCUT2D eigenvalue weighted by molar-refractivity contribution is -0.156. The molecule has 1 atom stereocenters. The van der Waals surface area contributed by atoms with E-state index < -0.39 is 5.60 Å². The molecule has 13 heavy (non-hydrogen) atoms. The Kier molecular flexibility index (Phi) is 4.11. The predicted octanol–water partition coefficient (Wildman–Crippen LogP) is 1.94. The highest BCUT2D eigenvalue weighted by atomic mass is 16.6. The zero-order valence-corrected chi connectivity index (χ0v) is 9.01. The van der Waals surface area contributed by atoms with Crippen molar-refractivity contribution in [1.82, 2.24) is 0 Å². The molecule has 0 radical (unpaired) electrons. The van der Waals surface area contributed by atoms with Crippen LogP contribution in [-0.4, -0.2) is 17.4 Å². The number of rotatable bonds is 3. The molecule has 3 heteroatoms. The molecule has 0 aliphatic carbocycles. The summed E-state index contributed by atoms with van der Waals surface area (Å²) >= 11 is 0. The van der Waals surface area contributed by atoms with E-state index in [-0.39, 0.29) is 24.1 Å². The molecule has 0 aromatic carbocycles. The lowest BCUT2D eigenvalue weighted by Crippen LogP contribution is -2.25. The summed E-state index contributed by atoms with van der Waals surface area (Å²) in [5, 5.41) is 0. The van der Waals surface area contributed by atoms with Gasteiger partial charge in [-0.1, -0.05) is 6.92 Å². The lowest BCUT2D eigenvalue weighted by atomic mass is 10.0. The van der Waals surface area contributed by atoms with Crippen LogP contribution < -0.4 is 0 Å². The van der Waals surface area contributed by atoms with E-state index in [0.29, 0.717) is 0 Å². The van der Waals surface area contributed by atoms with Crippen LogP contribution in [0.5, 0.6) is 0 Å². The second-order valence-electron chi connectivity index (χ2n) is 4.30. The van der Waals surface area contributed by atoms with E-state index in [4.69, 9.17) is 4.74 Å². The molecule has 76 valence electrons. The predicted molar refractivity (Wildman–Crippen MR) is 50.3 cm³/mol. The highest BCUT2D eigenvalue weighted by molar-refractivity contribution is 5.83. The molecule has 0 aliphatic heterocycles. The number of carbonyl (C=O) groups excluding carboxylic acids is 2. The summed E-state index contributed by atoms with van der Waals surface area (Å²) in [7, 11) is 0. The maximum atomic E-state index is 11.2. The molecular weight excluding hydrogens is 168 g/mol. The Labute approximate surface area is 79.5 Å². The maximum absolute atomic E-state index is 11.2. The third-order valence-electron chi connectivity index (χ3n) is 1.59. The fourth-order valence-corrected chi connectivity index (χ4v) is 0.777. The molecule has 0 aromatic heterocycles. The molecule has 0 aromatic rings. The van der Waals surface area contributed by atoms with Crippen molar-refractivity contribution in [1.29, 1.82) is 0 Å². The second-order valence-corrected chi connectivity index (χ2v) is 4.30. The van der Waals surface area contributed by atoms with Crippen molar-refractivity contribution in [3.8, 4) is 0 Å². The molecule has 0 unspecified atom stereocenters. The zero-order chi connectivity index (χ0) is 10.6. The van der Waals surface area contributed by atoms with Crippen LogP contribution in [0.25, 0.3) is 0 Å². The largest absolute Gasteiger partial charge is 0.460 e. The molecule has 0 amide bonds. The monoisotopic (exact) mass is 186 g/mol. The van der Waals surface area contributed by atoms with Crippen LogP contribution in [0.4, 0.5) is 0 Å². The van der Waals surface area contributed by atoms with Crippen molar-refractivity contribution in [3.63, 3.8) is 0 Å². The molecule has 0 fully saturated rings. The van der Waals surface area contributed by atoms with Gasteiger partial charge in [-0.15, -0.1) is 0 Å². The lowest BCUT2D eigenvalue weighted by Gasteiger charge is -2.20. The highest BCUT2D eigenvalue weighted by Gasteiger charge is 2.19. The van der Waals surface area contributed by atoms with E-state index in [2.05, 4.69) is 0 Å². The summed E-state index contributed by atoms with van der Waals surface area (Å²) in [6.07, 6.45) is 0.173. The molecular formula is C10H18O3. The Morgan fingerprint density at radius 3 is 2.08 bits per heavy atom. The zero-order valence-electron chi connectivity index (χ0n) is 9.01. The van der Waals surface area contributed by atoms with Crippen molar-refractivity contribution in [3.05, 3.63) is 0 Å². The first kappa shape index (κ1) is 12.1. The minimum atomic E-state index is -0.465. The number of Topliss-reactive ketones (excluding diaryl/α,β-unsaturated/α-hetero) is 1. The van der Waals surface area contributed by atoms with Crippen molar-refractivity contribution >= 4 is 11.8 Å². The van der Waals surface area contributed by atoms with E-state index in [1.807, 2.05) is 20.8 Å². The Bertz CT molecular complexity index is 201. The van der Waals surface area contributed by atoms with Crippen molar-refractivity contribution < 1.29 is 14.3 Å². The van der Waals surface area contributed by atoms with Crippen molar-refractivity contribution in [2.75, 3.05) is 0 Å². The molecule has 0 N–H and O–H groups in total. The van der Waals surface area contributed by atoms with Gasteiger partial charge in [0.2, 0.25) is 0 Å². The SMILES string of the molecule is CC(=O)[C@H](C)CC(=O)OC(C)(C)C. The third kappa shape index (κ3) is 6.31. The molecule has 0 spiro atoms. The number of hydrogen-bond donors (Lipinski definition) is 0. The molecule has 0 aliphatic rings. The van der Waals surface area contributed by atoms with Crippen LogP contribution >= 0.6 is 0 Å². The van der Waals surface area contributed by atoms with Crippen molar-refractivity contribution in [2.45, 2.75) is 46.6 Å². The Morgan fingerprint density at radius 1 is 1.31 bits per heavy atom. The van der Waals surface area contributed by atoms with Gasteiger partial charge in [-0.05, 0) is 27.7 Å². The van der Waals surface area contributed by atoms with Crippen LogP contribution in [-0.2, 0) is 14.3 Å². The normalized spacial score (nSPS) is 13.6. The van der Waals surface area contributed by atoms with Gasteiger partial charge in [0.15, 0.2) is 0 Å². The molecule has 0 saturated heterocycles. The smallest absolute Gasteiger partial charge is 0.307 e. The van der Waals surface area contributed by atoms with Crippen LogP contribution in [0.3, 0.4) is 0 Å². The van der Waals surface area contributed by atoms with Gasteiger partial charge >= 0.3 is 5.97 Å². The van der Waals surface area contributed by atoms with Crippen molar-refractivity contribution in [2.24, 2.45) is 5.92 Å². The molecule has 0 heterocycles. The summed E-state index contributed by atoms with van der Waals surface area (Å²) in [6, 6.07) is 0. The number of hydrogen-bond acceptors (Lipinski definition) is 3. The first-order valence-electron chi connectivity index (χ1n) is 4.44. The first-order chi connectivity index (χ1) is 5.72. The standard InChI is InChI=1S/C10H18O3/c1-7(8(2)11)6-9(12)13-10(3,4)5/h7H,6H2,1-5H3/t7-/m1/s1. The van der Waals surface area contributed by atoms with E-state index in [0.717, 1.165) is 0 Å². The van der Waals surface area contributed by atoms with Gasteiger partial charge in [-0.25, -0.2) is 0 Å². The highest BCUT2D eigenvalue weighted by Crippen LogP contribution is 2.11. The van der Waals surface area contributed by atoms with E-state index in [1.54, 1.807) is 6.92 Å². The number of ether oxygens (including phenoxy) is 1. The third-order valence-corrected chi connectivity index (χ3v) is 1.59. The summed E-state index contributed by atoms with van der Waals surface area (Å²) in [4.78, 5) is 22.0. The van der Waals surface area contributed by atoms with Gasteiger partial charge < -0.3 is 4.74 Å². The van der Waals surface area contributed by atoms with Crippen LogP contribution in [0.15, 0.2) is 0 Å². The maximum Gasteiger partial charge on any atom is 0.307 e. The average molecular weight is 186 g/mol. The fourth-order valence-electron chi connectivity index (χ4n) is 0.777. The number of ketones is 1. The Balaban J connectivity index is 3.96. The van der Waals surface area contributed by atoms with E-state index in [1.165, 1.54) is 6.92 Å². The first-order valence-corrected chi connectivity index (χ1v) is 4.44. The molecule has 0 rings (SSSR count). The molecule has 0 bridgehead atoms. The van der Waals surface area contributed by atoms with E-state index in [9.17, 15) is 9.59 Å². The van der Waals surface area contributed by atoms with Gasteiger partial charge in [0, 0.05) is 5.92 Å². The summed E-state index contributed by atoms with van der Waals surface area (Å²) in [5.41, 5.74) is -0.465. The van der Waals surface area contributed by atoms with Gasteiger partial charge in [-0.3, -0.25) is 9.59 Å². The fraction of sp³-hybridized carbons (Fsp3) is 0.800. The Morgan fingerprint density at radius 2 is 1.77 bits per heavy atom. The number of carbonyl (C=O) groups is 2. The molecule has 3 nitrogen and oxygen atoms in total. The van der Waals surface area contributed by atoms with Crippen LogP contribution in [0.2, 0.25) is 0 Å². The summed E-state index contributed by atoms with van der Waals surface area (Å²) in [5.74, 6) is -0.532. The minimum Gasteiger partial charge on any atom is -0.460 e. The van der Waals surface area contributed by atoms with E-state index >= 15 is 0 Å². The van der Waals surface area contributed by atoms with Gasteiger partial charge in [0.1, 0.15) is 11.4 Å².